The number of hydrogen-bond acceptors (Lipinski definition) is 5. The molecule has 2 heterocycles. The van der Waals surface area contributed by atoms with Gasteiger partial charge in [0.25, 0.3) is 5.82 Å². The summed E-state index contributed by atoms with van der Waals surface area (Å²) in [6, 6.07) is 10.1. The topological polar surface area (TPSA) is 56.6 Å². The van der Waals surface area contributed by atoms with Gasteiger partial charge in [-0.3, -0.25) is 0 Å². The number of nitrogens with zero attached hydrogens (tertiary/aromatic N) is 4. The first-order valence-electron chi connectivity index (χ1n) is 8.24. The van der Waals surface area contributed by atoms with Crippen molar-refractivity contribution < 1.29 is 9.47 Å². The summed E-state index contributed by atoms with van der Waals surface area (Å²) in [6.07, 6.45) is 3.50. The van der Waals surface area contributed by atoms with Crippen LogP contribution in [0.3, 0.4) is 0 Å². The van der Waals surface area contributed by atoms with Crippen molar-refractivity contribution in [1.29, 1.82) is 0 Å². The van der Waals surface area contributed by atoms with Gasteiger partial charge in [-0.15, -0.1) is 0 Å². The van der Waals surface area contributed by atoms with Crippen LogP contribution in [0.2, 0.25) is 0 Å². The molecule has 0 N–H and O–H groups in total. The molecule has 4 rings (SSSR count). The van der Waals surface area contributed by atoms with Crippen LogP contribution in [0.4, 0.5) is 17.2 Å². The van der Waals surface area contributed by atoms with Crippen molar-refractivity contribution in [3.63, 3.8) is 0 Å². The van der Waals surface area contributed by atoms with Gasteiger partial charge in [0.15, 0.2) is 11.5 Å². The number of halogens is 1. The second kappa shape index (κ2) is 6.34. The Bertz CT molecular complexity index is 1040. The number of hydrogen-bond donors (Lipinski definition) is 0. The minimum Gasteiger partial charge on any atom is -0.493 e. The SMILES string of the molecule is CC[N+]1(c2cccc(Br)c2)C=Nc2c(OC)c(OC)cc3ncnc1c23. The van der Waals surface area contributed by atoms with Crippen LogP contribution in [0, 0.1) is 0 Å². The van der Waals surface area contributed by atoms with Crippen LogP contribution >= 0.6 is 15.9 Å². The monoisotopic (exact) mass is 413 g/mol. The van der Waals surface area contributed by atoms with Crippen molar-refractivity contribution in [2.75, 3.05) is 20.8 Å². The predicted molar refractivity (Wildman–Crippen MR) is 107 cm³/mol. The normalized spacial score (nSPS) is 18.2. The number of aliphatic imine (C=N–C) groups is 1. The maximum atomic E-state index is 5.57. The number of ether oxygens (including phenoxy) is 2. The molecular weight excluding hydrogens is 396 g/mol. The third kappa shape index (κ3) is 2.31. The Kier molecular flexibility index (Phi) is 4.13. The second-order valence-electron chi connectivity index (χ2n) is 5.96. The maximum Gasteiger partial charge on any atom is 0.252 e. The third-order valence-electron chi connectivity index (χ3n) is 4.75. The number of quaternary nitrogens is 1. The highest BCUT2D eigenvalue weighted by molar-refractivity contribution is 9.10. The summed E-state index contributed by atoms with van der Waals surface area (Å²) in [5, 5.41) is 0.884. The van der Waals surface area contributed by atoms with Crippen LogP contribution in [0.1, 0.15) is 6.92 Å². The zero-order chi connectivity index (χ0) is 18.3. The molecule has 0 saturated heterocycles. The van der Waals surface area contributed by atoms with Gasteiger partial charge in [0.1, 0.15) is 23.1 Å². The van der Waals surface area contributed by atoms with Gasteiger partial charge in [-0.1, -0.05) is 22.0 Å². The molecule has 1 aromatic heterocycles. The zero-order valence-electron chi connectivity index (χ0n) is 14.7. The molecule has 132 valence electrons. The summed E-state index contributed by atoms with van der Waals surface area (Å²) in [5.74, 6) is 2.08. The average molecular weight is 414 g/mol. The molecule has 1 unspecified atom stereocenters. The number of benzene rings is 2. The summed E-state index contributed by atoms with van der Waals surface area (Å²) < 4.78 is 12.4. The molecular formula is C19H18BrN4O2+. The molecule has 0 saturated carbocycles. The van der Waals surface area contributed by atoms with Crippen LogP contribution in [-0.4, -0.2) is 37.1 Å². The van der Waals surface area contributed by atoms with Gasteiger partial charge in [0, 0.05) is 22.7 Å². The van der Waals surface area contributed by atoms with Crippen LogP contribution in [0.15, 0.2) is 46.1 Å². The number of aromatic nitrogens is 2. The van der Waals surface area contributed by atoms with E-state index in [2.05, 4.69) is 45.0 Å². The molecule has 0 bridgehead atoms. The Morgan fingerprint density at radius 2 is 1.96 bits per heavy atom. The van der Waals surface area contributed by atoms with Gasteiger partial charge in [0.2, 0.25) is 6.34 Å². The van der Waals surface area contributed by atoms with Crippen LogP contribution in [0.5, 0.6) is 11.5 Å². The van der Waals surface area contributed by atoms with E-state index in [9.17, 15) is 0 Å². The lowest BCUT2D eigenvalue weighted by Crippen LogP contribution is -2.44. The third-order valence-corrected chi connectivity index (χ3v) is 5.25. The first-order valence-corrected chi connectivity index (χ1v) is 9.03. The van der Waals surface area contributed by atoms with Crippen molar-refractivity contribution in [3.05, 3.63) is 41.1 Å². The molecule has 6 nitrogen and oxygen atoms in total. The van der Waals surface area contributed by atoms with Gasteiger partial charge in [-0.25, -0.2) is 4.98 Å². The maximum absolute atomic E-state index is 5.57. The number of rotatable bonds is 4. The van der Waals surface area contributed by atoms with Gasteiger partial charge in [-0.05, 0) is 13.0 Å². The molecule has 2 aromatic carbocycles. The Balaban J connectivity index is 2.09. The van der Waals surface area contributed by atoms with Gasteiger partial charge in [-0.2, -0.15) is 14.5 Å². The second-order valence-corrected chi connectivity index (χ2v) is 6.88. The van der Waals surface area contributed by atoms with E-state index in [1.807, 2.05) is 24.5 Å². The molecule has 3 aromatic rings. The Morgan fingerprint density at radius 1 is 1.12 bits per heavy atom. The standard InChI is InChI=1S/C19H18BrN4O2/c1-4-24(13-7-5-6-12(20)8-13)11-23-17-16-14(21-10-22-19(16)24)9-15(25-2)18(17)26-3/h5-11H,4H2,1-3H3/q+1. The summed E-state index contributed by atoms with van der Waals surface area (Å²) in [6.45, 7) is 2.88. The Hall–Kier alpha value is -2.51. The van der Waals surface area contributed by atoms with Gasteiger partial charge >= 0.3 is 0 Å². The van der Waals surface area contributed by atoms with Crippen LogP contribution < -0.4 is 14.0 Å². The van der Waals surface area contributed by atoms with E-state index in [-0.39, 0.29) is 0 Å². The van der Waals surface area contributed by atoms with E-state index in [1.54, 1.807) is 20.5 Å². The number of methoxy groups -OCH3 is 2. The molecule has 26 heavy (non-hydrogen) atoms. The highest BCUT2D eigenvalue weighted by atomic mass is 79.9. The molecule has 7 heteroatoms. The van der Waals surface area contributed by atoms with Crippen LogP contribution in [0.25, 0.3) is 10.9 Å². The predicted octanol–water partition coefficient (Wildman–Crippen LogP) is 4.74. The van der Waals surface area contributed by atoms with Gasteiger partial charge in [0.05, 0.1) is 26.3 Å². The van der Waals surface area contributed by atoms with E-state index in [0.717, 1.165) is 33.4 Å². The summed E-state index contributed by atoms with van der Waals surface area (Å²) in [7, 11) is 3.23. The van der Waals surface area contributed by atoms with Crippen molar-refractivity contribution in [3.8, 4) is 11.5 Å². The highest BCUT2D eigenvalue weighted by Crippen LogP contribution is 2.50. The molecule has 1 atom stereocenters. The van der Waals surface area contributed by atoms with E-state index in [1.165, 1.54) is 0 Å². The summed E-state index contributed by atoms with van der Waals surface area (Å²) in [4.78, 5) is 13.9. The highest BCUT2D eigenvalue weighted by Gasteiger charge is 2.39. The molecule has 0 fully saturated rings. The molecule has 0 aliphatic carbocycles. The van der Waals surface area contributed by atoms with Crippen LogP contribution in [-0.2, 0) is 0 Å². The fraction of sp³-hybridized carbons (Fsp3) is 0.211. The van der Waals surface area contributed by atoms with E-state index >= 15 is 0 Å². The van der Waals surface area contributed by atoms with Crippen molar-refractivity contribution in [2.24, 2.45) is 4.99 Å². The summed E-state index contributed by atoms with van der Waals surface area (Å²) in [5.41, 5.74) is 2.56. The Labute approximate surface area is 159 Å². The summed E-state index contributed by atoms with van der Waals surface area (Å²) >= 11 is 3.57. The minimum absolute atomic E-state index is 0.404. The van der Waals surface area contributed by atoms with Crippen molar-refractivity contribution in [1.82, 2.24) is 14.5 Å². The lowest BCUT2D eigenvalue weighted by molar-refractivity contribution is 0.356. The molecule has 0 spiro atoms. The zero-order valence-corrected chi connectivity index (χ0v) is 16.3. The lowest BCUT2D eigenvalue weighted by Gasteiger charge is -2.33. The van der Waals surface area contributed by atoms with Crippen molar-refractivity contribution >= 4 is 50.4 Å². The fourth-order valence-corrected chi connectivity index (χ4v) is 3.85. The molecule has 0 radical (unpaired) electrons. The largest absolute Gasteiger partial charge is 0.493 e. The average Bonchev–Trinajstić information content (AvgIpc) is 2.68. The quantitative estimate of drug-likeness (QED) is 0.579. The smallest absolute Gasteiger partial charge is 0.252 e. The van der Waals surface area contributed by atoms with Crippen molar-refractivity contribution in [2.45, 2.75) is 6.92 Å². The first-order chi connectivity index (χ1) is 12.6. The fourth-order valence-electron chi connectivity index (χ4n) is 3.46. The molecule has 0 amide bonds. The van der Waals surface area contributed by atoms with E-state index in [0.29, 0.717) is 21.7 Å². The minimum atomic E-state index is 0.404. The molecule has 1 aliphatic heterocycles. The molecule has 1 aliphatic rings. The Morgan fingerprint density at radius 3 is 2.65 bits per heavy atom. The lowest BCUT2D eigenvalue weighted by atomic mass is 10.1. The van der Waals surface area contributed by atoms with E-state index < -0.39 is 0 Å². The van der Waals surface area contributed by atoms with Gasteiger partial charge < -0.3 is 9.47 Å². The van der Waals surface area contributed by atoms with E-state index in [4.69, 9.17) is 14.5 Å². The first kappa shape index (κ1) is 16.9.